The Bertz CT molecular complexity index is 1160. The summed E-state index contributed by atoms with van der Waals surface area (Å²) in [5.74, 6) is 1.23. The van der Waals surface area contributed by atoms with Crippen molar-refractivity contribution in [2.75, 3.05) is 13.2 Å². The minimum absolute atomic E-state index is 0.220. The van der Waals surface area contributed by atoms with E-state index in [4.69, 9.17) is 14.2 Å². The lowest BCUT2D eigenvalue weighted by molar-refractivity contribution is -0.129. The Morgan fingerprint density at radius 3 is 2.58 bits per heavy atom. The van der Waals surface area contributed by atoms with Crippen LogP contribution in [-0.4, -0.2) is 25.1 Å². The van der Waals surface area contributed by atoms with E-state index in [0.717, 1.165) is 26.9 Å². The van der Waals surface area contributed by atoms with Crippen molar-refractivity contribution in [3.8, 4) is 11.5 Å². The van der Waals surface area contributed by atoms with Gasteiger partial charge in [-0.1, -0.05) is 46.3 Å². The highest BCUT2D eigenvalue weighted by molar-refractivity contribution is 9.10. The zero-order chi connectivity index (χ0) is 21.6. The number of rotatable bonds is 7. The molecule has 1 heterocycles. The maximum Gasteiger partial charge on any atom is 0.363 e. The third-order valence-electron chi connectivity index (χ3n) is 4.50. The summed E-state index contributed by atoms with van der Waals surface area (Å²) in [7, 11) is 0. The van der Waals surface area contributed by atoms with Crippen LogP contribution in [0.5, 0.6) is 11.5 Å². The molecule has 0 unspecified atom stereocenters. The van der Waals surface area contributed by atoms with Gasteiger partial charge in [0.1, 0.15) is 24.7 Å². The van der Waals surface area contributed by atoms with Crippen molar-refractivity contribution in [2.24, 2.45) is 4.99 Å². The zero-order valence-corrected chi connectivity index (χ0v) is 18.5. The van der Waals surface area contributed by atoms with Crippen LogP contribution in [0.2, 0.25) is 0 Å². The number of hydrogen-bond acceptors (Lipinski definition) is 5. The van der Waals surface area contributed by atoms with Crippen molar-refractivity contribution >= 4 is 33.9 Å². The van der Waals surface area contributed by atoms with E-state index in [-0.39, 0.29) is 5.70 Å². The molecule has 0 radical (unpaired) electrons. The SMILES string of the molecule is Cc1cccc(OCCOc2ccc(Br)cc2C=C2N=C(c3ccccc3)OC2=O)c1. The smallest absolute Gasteiger partial charge is 0.363 e. The number of nitrogens with zero attached hydrogens (tertiary/aromatic N) is 1. The lowest BCUT2D eigenvalue weighted by atomic mass is 10.1. The van der Waals surface area contributed by atoms with Crippen molar-refractivity contribution in [1.29, 1.82) is 0 Å². The van der Waals surface area contributed by atoms with Gasteiger partial charge in [0.2, 0.25) is 5.90 Å². The molecule has 0 spiro atoms. The van der Waals surface area contributed by atoms with Crippen LogP contribution in [0.4, 0.5) is 0 Å². The Balaban J connectivity index is 1.48. The summed E-state index contributed by atoms with van der Waals surface area (Å²) in [4.78, 5) is 16.7. The predicted octanol–water partition coefficient (Wildman–Crippen LogP) is 5.56. The number of halogens is 1. The topological polar surface area (TPSA) is 57.1 Å². The third kappa shape index (κ3) is 5.41. The molecule has 156 valence electrons. The fourth-order valence-corrected chi connectivity index (χ4v) is 3.42. The number of ether oxygens (including phenoxy) is 3. The van der Waals surface area contributed by atoms with E-state index in [1.165, 1.54) is 0 Å². The van der Waals surface area contributed by atoms with E-state index in [2.05, 4.69) is 20.9 Å². The summed E-state index contributed by atoms with van der Waals surface area (Å²) in [5, 5.41) is 0. The molecular formula is C25H20BrNO4. The number of benzene rings is 3. The van der Waals surface area contributed by atoms with Crippen molar-refractivity contribution < 1.29 is 19.0 Å². The normalized spacial score (nSPS) is 14.3. The van der Waals surface area contributed by atoms with Crippen LogP contribution in [0.25, 0.3) is 6.08 Å². The second-order valence-corrected chi connectivity index (χ2v) is 7.81. The van der Waals surface area contributed by atoms with Crippen LogP contribution in [-0.2, 0) is 9.53 Å². The Labute approximate surface area is 189 Å². The van der Waals surface area contributed by atoms with Crippen LogP contribution < -0.4 is 9.47 Å². The summed E-state index contributed by atoms with van der Waals surface area (Å²) in [5.41, 5.74) is 2.82. The molecule has 0 aromatic heterocycles. The number of cyclic esters (lactones) is 1. The van der Waals surface area contributed by atoms with Crippen molar-refractivity contribution in [1.82, 2.24) is 0 Å². The lowest BCUT2D eigenvalue weighted by Gasteiger charge is -2.11. The van der Waals surface area contributed by atoms with Gasteiger partial charge in [0, 0.05) is 15.6 Å². The maximum atomic E-state index is 12.3. The van der Waals surface area contributed by atoms with Gasteiger partial charge in [-0.2, -0.15) is 0 Å². The summed E-state index contributed by atoms with van der Waals surface area (Å²) < 4.78 is 17.8. The summed E-state index contributed by atoms with van der Waals surface area (Å²) >= 11 is 3.47. The van der Waals surface area contributed by atoms with Crippen LogP contribution in [0, 0.1) is 6.92 Å². The zero-order valence-electron chi connectivity index (χ0n) is 16.9. The van der Waals surface area contributed by atoms with Crippen LogP contribution in [0.15, 0.2) is 88.0 Å². The first-order valence-corrected chi connectivity index (χ1v) is 10.6. The molecule has 3 aromatic rings. The minimum atomic E-state index is -0.493. The van der Waals surface area contributed by atoms with Gasteiger partial charge in [-0.05, 0) is 61.0 Å². The average Bonchev–Trinajstić information content (AvgIpc) is 3.13. The first-order chi connectivity index (χ1) is 15.1. The van der Waals surface area contributed by atoms with Crippen LogP contribution >= 0.6 is 15.9 Å². The quantitative estimate of drug-likeness (QED) is 0.254. The highest BCUT2D eigenvalue weighted by atomic mass is 79.9. The fraction of sp³-hybridized carbons (Fsp3) is 0.120. The minimum Gasteiger partial charge on any atom is -0.490 e. The van der Waals surface area contributed by atoms with Gasteiger partial charge in [0.15, 0.2) is 5.70 Å². The van der Waals surface area contributed by atoms with Crippen LogP contribution in [0.3, 0.4) is 0 Å². The van der Waals surface area contributed by atoms with Gasteiger partial charge >= 0.3 is 5.97 Å². The molecule has 3 aromatic carbocycles. The molecule has 0 saturated carbocycles. The molecular weight excluding hydrogens is 458 g/mol. The monoisotopic (exact) mass is 477 g/mol. The summed E-state index contributed by atoms with van der Waals surface area (Å²) in [6, 6.07) is 22.8. The average molecular weight is 478 g/mol. The fourth-order valence-electron chi connectivity index (χ4n) is 3.04. The molecule has 1 aliphatic rings. The highest BCUT2D eigenvalue weighted by Crippen LogP contribution is 2.28. The molecule has 0 fully saturated rings. The Morgan fingerprint density at radius 1 is 0.968 bits per heavy atom. The number of aryl methyl sites for hydroxylation is 1. The lowest BCUT2D eigenvalue weighted by Crippen LogP contribution is -2.09. The van der Waals surface area contributed by atoms with E-state index < -0.39 is 5.97 Å². The van der Waals surface area contributed by atoms with Gasteiger partial charge in [-0.3, -0.25) is 0 Å². The van der Waals surface area contributed by atoms with E-state index in [1.807, 2.05) is 79.7 Å². The molecule has 4 rings (SSSR count). The molecule has 6 heteroatoms. The van der Waals surface area contributed by atoms with E-state index in [9.17, 15) is 4.79 Å². The Morgan fingerprint density at radius 2 is 1.77 bits per heavy atom. The highest BCUT2D eigenvalue weighted by Gasteiger charge is 2.24. The molecule has 1 aliphatic heterocycles. The van der Waals surface area contributed by atoms with Gasteiger partial charge in [0.25, 0.3) is 0 Å². The van der Waals surface area contributed by atoms with E-state index in [0.29, 0.717) is 24.9 Å². The van der Waals surface area contributed by atoms with Crippen molar-refractivity contribution in [3.05, 3.63) is 99.7 Å². The molecule has 0 aliphatic carbocycles. The Hall–Kier alpha value is -3.38. The number of hydrogen-bond donors (Lipinski definition) is 0. The van der Waals surface area contributed by atoms with E-state index >= 15 is 0 Å². The maximum absolute atomic E-state index is 12.3. The number of esters is 1. The third-order valence-corrected chi connectivity index (χ3v) is 5.00. The molecule has 0 amide bonds. The summed E-state index contributed by atoms with van der Waals surface area (Å²) in [6.07, 6.45) is 1.67. The van der Waals surface area contributed by atoms with Crippen molar-refractivity contribution in [3.63, 3.8) is 0 Å². The largest absolute Gasteiger partial charge is 0.490 e. The second-order valence-electron chi connectivity index (χ2n) is 6.90. The molecule has 0 saturated heterocycles. The van der Waals surface area contributed by atoms with Crippen molar-refractivity contribution in [2.45, 2.75) is 6.92 Å². The van der Waals surface area contributed by atoms with Gasteiger partial charge in [0.05, 0.1) is 0 Å². The predicted molar refractivity (Wildman–Crippen MR) is 123 cm³/mol. The number of carbonyl (C=O) groups excluding carboxylic acids is 1. The molecule has 0 N–H and O–H groups in total. The van der Waals surface area contributed by atoms with Gasteiger partial charge < -0.3 is 14.2 Å². The molecule has 0 atom stereocenters. The summed E-state index contributed by atoms with van der Waals surface area (Å²) in [6.45, 7) is 2.77. The molecule has 0 bridgehead atoms. The number of carbonyl (C=O) groups is 1. The van der Waals surface area contributed by atoms with Gasteiger partial charge in [-0.15, -0.1) is 0 Å². The second kappa shape index (κ2) is 9.62. The molecule has 5 nitrogen and oxygen atoms in total. The first-order valence-electron chi connectivity index (χ1n) is 9.78. The van der Waals surface area contributed by atoms with Gasteiger partial charge in [-0.25, -0.2) is 9.79 Å². The van der Waals surface area contributed by atoms with Crippen LogP contribution in [0.1, 0.15) is 16.7 Å². The first kappa shape index (κ1) is 20.9. The van der Waals surface area contributed by atoms with E-state index in [1.54, 1.807) is 6.08 Å². The Kier molecular flexibility index (Phi) is 6.48. The standard InChI is InChI=1S/C25H20BrNO4/c1-17-6-5-9-21(14-17)29-12-13-30-23-11-10-20(26)15-19(23)16-22-25(28)31-24(27-22)18-7-3-2-4-8-18/h2-11,14-16H,12-13H2,1H3. The molecule has 31 heavy (non-hydrogen) atoms. The number of aliphatic imine (C=N–C) groups is 1.